The first-order valence-electron chi connectivity index (χ1n) is 9.84. The van der Waals surface area contributed by atoms with Crippen LogP contribution in [-0.4, -0.2) is 54.9 Å². The number of nitrogens with zero attached hydrogens (tertiary/aromatic N) is 4. The van der Waals surface area contributed by atoms with E-state index in [0.29, 0.717) is 5.69 Å². The van der Waals surface area contributed by atoms with E-state index in [2.05, 4.69) is 20.0 Å². The summed E-state index contributed by atoms with van der Waals surface area (Å²) in [7, 11) is -3.90. The molecule has 0 saturated carbocycles. The molecule has 1 aromatic heterocycles. The lowest BCUT2D eigenvalue weighted by molar-refractivity contribution is -0.116. The van der Waals surface area contributed by atoms with Gasteiger partial charge in [-0.25, -0.2) is 32.3 Å². The van der Waals surface area contributed by atoms with Gasteiger partial charge in [0.25, 0.3) is 10.0 Å². The standard InChI is InChI=1S/C21H19FN6O4S/c22-17-4-1-2-5-18(17)28-13-12-27(21(28)30)14-19(29)25-15-6-8-16(9-7-15)33(31,32)26-20-23-10-3-11-24-20/h1-11H,12-14H2,(H,25,29)(H,23,24,26). The van der Waals surface area contributed by atoms with Crippen molar-refractivity contribution in [1.82, 2.24) is 14.9 Å². The summed E-state index contributed by atoms with van der Waals surface area (Å²) in [6.45, 7) is 0.305. The molecule has 2 heterocycles. The van der Waals surface area contributed by atoms with Gasteiger partial charge in [0.05, 0.1) is 10.6 Å². The Kier molecular flexibility index (Phi) is 6.18. The molecule has 1 fully saturated rings. The number of carbonyl (C=O) groups is 2. The minimum absolute atomic E-state index is 0.0387. The lowest BCUT2D eigenvalue weighted by Crippen LogP contribution is -2.37. The highest BCUT2D eigenvalue weighted by Gasteiger charge is 2.32. The third kappa shape index (κ3) is 5.06. The largest absolute Gasteiger partial charge is 0.325 e. The topological polar surface area (TPSA) is 125 Å². The molecule has 1 aliphatic heterocycles. The average Bonchev–Trinajstić information content (AvgIpc) is 3.14. The van der Waals surface area contributed by atoms with Crippen molar-refractivity contribution in [1.29, 1.82) is 0 Å². The number of carbonyl (C=O) groups excluding carboxylic acids is 2. The van der Waals surface area contributed by atoms with Crippen LogP contribution >= 0.6 is 0 Å². The molecule has 0 radical (unpaired) electrons. The van der Waals surface area contributed by atoms with Crippen molar-refractivity contribution in [3.8, 4) is 0 Å². The summed E-state index contributed by atoms with van der Waals surface area (Å²) in [6, 6.07) is 12.5. The molecule has 0 bridgehead atoms. The molecule has 0 atom stereocenters. The van der Waals surface area contributed by atoms with Gasteiger partial charge in [0, 0.05) is 31.2 Å². The van der Waals surface area contributed by atoms with Crippen LogP contribution in [0, 0.1) is 5.82 Å². The number of halogens is 1. The quantitative estimate of drug-likeness (QED) is 0.546. The van der Waals surface area contributed by atoms with Gasteiger partial charge in [0.15, 0.2) is 0 Å². The van der Waals surface area contributed by atoms with E-state index in [9.17, 15) is 22.4 Å². The number of amides is 3. The molecule has 3 aromatic rings. The molecule has 10 nitrogen and oxygen atoms in total. The Labute approximate surface area is 189 Å². The number of rotatable bonds is 7. The number of anilines is 3. The molecular weight excluding hydrogens is 451 g/mol. The number of hydrogen-bond donors (Lipinski definition) is 2. The van der Waals surface area contributed by atoms with Crippen molar-refractivity contribution < 1.29 is 22.4 Å². The van der Waals surface area contributed by atoms with E-state index >= 15 is 0 Å². The zero-order chi connectivity index (χ0) is 23.4. The second kappa shape index (κ2) is 9.20. The van der Waals surface area contributed by atoms with Crippen LogP contribution in [0.15, 0.2) is 71.9 Å². The van der Waals surface area contributed by atoms with Crippen molar-refractivity contribution in [3.63, 3.8) is 0 Å². The second-order valence-electron chi connectivity index (χ2n) is 7.06. The molecule has 0 aliphatic carbocycles. The summed E-state index contributed by atoms with van der Waals surface area (Å²) in [5, 5.41) is 2.62. The SMILES string of the molecule is O=C(CN1CCN(c2ccccc2F)C1=O)Nc1ccc(S(=O)(=O)Nc2ncccn2)cc1. The molecule has 33 heavy (non-hydrogen) atoms. The van der Waals surface area contributed by atoms with Crippen LogP contribution in [0.4, 0.5) is 26.5 Å². The Morgan fingerprint density at radius 3 is 2.39 bits per heavy atom. The maximum Gasteiger partial charge on any atom is 0.325 e. The smallest absolute Gasteiger partial charge is 0.325 e. The maximum atomic E-state index is 14.0. The van der Waals surface area contributed by atoms with E-state index in [-0.39, 0.29) is 36.2 Å². The fourth-order valence-electron chi connectivity index (χ4n) is 3.25. The number of sulfonamides is 1. The Morgan fingerprint density at radius 1 is 1.00 bits per heavy atom. The normalized spacial score (nSPS) is 13.8. The van der Waals surface area contributed by atoms with Crippen molar-refractivity contribution in [2.45, 2.75) is 4.90 Å². The van der Waals surface area contributed by atoms with Gasteiger partial charge in [-0.2, -0.15) is 0 Å². The zero-order valence-electron chi connectivity index (χ0n) is 17.2. The summed E-state index contributed by atoms with van der Waals surface area (Å²) >= 11 is 0. The number of hydrogen-bond acceptors (Lipinski definition) is 6. The Hall–Kier alpha value is -4.06. The van der Waals surface area contributed by atoms with Crippen LogP contribution in [0.2, 0.25) is 0 Å². The van der Waals surface area contributed by atoms with Crippen LogP contribution in [0.5, 0.6) is 0 Å². The maximum absolute atomic E-state index is 14.0. The number of para-hydroxylation sites is 1. The van der Waals surface area contributed by atoms with Gasteiger partial charge in [0.2, 0.25) is 11.9 Å². The minimum Gasteiger partial charge on any atom is -0.325 e. The third-order valence-corrected chi connectivity index (χ3v) is 6.16. The Morgan fingerprint density at radius 2 is 1.70 bits per heavy atom. The molecule has 170 valence electrons. The first-order chi connectivity index (χ1) is 15.8. The summed E-state index contributed by atoms with van der Waals surface area (Å²) in [5.74, 6) is -1.04. The van der Waals surface area contributed by atoms with Crippen LogP contribution in [0.25, 0.3) is 0 Å². The first-order valence-corrected chi connectivity index (χ1v) is 11.3. The molecule has 12 heteroatoms. The van der Waals surface area contributed by atoms with Crippen LogP contribution < -0.4 is 14.9 Å². The first kappa shape index (κ1) is 22.1. The van der Waals surface area contributed by atoms with Crippen molar-refractivity contribution >= 4 is 39.3 Å². The molecule has 0 unspecified atom stereocenters. The van der Waals surface area contributed by atoms with Gasteiger partial charge < -0.3 is 10.2 Å². The molecule has 1 aliphatic rings. The zero-order valence-corrected chi connectivity index (χ0v) is 18.0. The number of urea groups is 1. The lowest BCUT2D eigenvalue weighted by Gasteiger charge is -2.19. The van der Waals surface area contributed by atoms with Crippen LogP contribution in [-0.2, 0) is 14.8 Å². The molecule has 4 rings (SSSR count). The highest BCUT2D eigenvalue weighted by atomic mass is 32.2. The molecule has 1 saturated heterocycles. The van der Waals surface area contributed by atoms with Gasteiger partial charge in [-0.1, -0.05) is 12.1 Å². The van der Waals surface area contributed by atoms with Crippen molar-refractivity contribution in [3.05, 3.63) is 72.8 Å². The number of nitrogens with one attached hydrogen (secondary N) is 2. The van der Waals surface area contributed by atoms with Gasteiger partial charge in [-0.15, -0.1) is 0 Å². The lowest BCUT2D eigenvalue weighted by atomic mass is 10.3. The van der Waals surface area contributed by atoms with Gasteiger partial charge in [-0.05, 0) is 42.5 Å². The fourth-order valence-corrected chi connectivity index (χ4v) is 4.20. The van der Waals surface area contributed by atoms with E-state index in [4.69, 9.17) is 0 Å². The van der Waals surface area contributed by atoms with E-state index < -0.39 is 27.8 Å². The molecular formula is C21H19FN6O4S. The Bertz CT molecular complexity index is 1270. The number of benzene rings is 2. The average molecular weight is 470 g/mol. The summed E-state index contributed by atoms with van der Waals surface area (Å²) in [5.41, 5.74) is 0.518. The minimum atomic E-state index is -3.90. The van der Waals surface area contributed by atoms with E-state index in [1.165, 1.54) is 64.7 Å². The van der Waals surface area contributed by atoms with Gasteiger partial charge in [0.1, 0.15) is 12.4 Å². The summed E-state index contributed by atoms with van der Waals surface area (Å²) < 4.78 is 41.1. The number of aromatic nitrogens is 2. The summed E-state index contributed by atoms with van der Waals surface area (Å²) in [4.78, 5) is 35.2. The van der Waals surface area contributed by atoms with Crippen LogP contribution in [0.1, 0.15) is 0 Å². The predicted molar refractivity (Wildman–Crippen MR) is 119 cm³/mol. The van der Waals surface area contributed by atoms with Crippen LogP contribution in [0.3, 0.4) is 0 Å². The molecule has 2 N–H and O–H groups in total. The molecule has 0 spiro atoms. The van der Waals surface area contributed by atoms with E-state index in [0.717, 1.165) is 0 Å². The van der Waals surface area contributed by atoms with E-state index in [1.807, 2.05) is 0 Å². The van der Waals surface area contributed by atoms with Gasteiger partial charge >= 0.3 is 6.03 Å². The highest BCUT2D eigenvalue weighted by Crippen LogP contribution is 2.23. The van der Waals surface area contributed by atoms with E-state index in [1.54, 1.807) is 12.1 Å². The fraction of sp³-hybridized carbons (Fsp3) is 0.143. The second-order valence-corrected chi connectivity index (χ2v) is 8.74. The van der Waals surface area contributed by atoms with Crippen molar-refractivity contribution in [2.75, 3.05) is 34.6 Å². The molecule has 3 amide bonds. The van der Waals surface area contributed by atoms with Crippen molar-refractivity contribution in [2.24, 2.45) is 0 Å². The summed E-state index contributed by atoms with van der Waals surface area (Å²) in [6.07, 6.45) is 2.81. The highest BCUT2D eigenvalue weighted by molar-refractivity contribution is 7.92. The van der Waals surface area contributed by atoms with Gasteiger partial charge in [-0.3, -0.25) is 9.69 Å². The third-order valence-electron chi connectivity index (χ3n) is 4.81. The predicted octanol–water partition coefficient (Wildman–Crippen LogP) is 2.30. The Balaban J connectivity index is 1.35. The monoisotopic (exact) mass is 470 g/mol. The molecule has 2 aromatic carbocycles.